The van der Waals surface area contributed by atoms with Crippen LogP contribution in [0.15, 0.2) is 30.3 Å². The summed E-state index contributed by atoms with van der Waals surface area (Å²) in [5.74, 6) is -0.370. The summed E-state index contributed by atoms with van der Waals surface area (Å²) in [5.41, 5.74) is 6.06. The standard InChI is InChI=1S/C16H14F3N5OS/c1-8-14(22-13(7-20)26-8)15(25)21-10-4-2-9(3-5-10)11-6-12(24-23-11)16(17,18)19/h2-6H,7,20H2,1H3,(H,21,25)(H,23,24). The van der Waals surface area contributed by atoms with Crippen molar-refractivity contribution < 1.29 is 18.0 Å². The lowest BCUT2D eigenvalue weighted by Gasteiger charge is -2.05. The number of aromatic amines is 1. The third kappa shape index (κ3) is 3.75. The third-order valence-corrected chi connectivity index (χ3v) is 4.55. The second kappa shape index (κ2) is 6.89. The van der Waals surface area contributed by atoms with Crippen LogP contribution in [0.4, 0.5) is 18.9 Å². The molecule has 0 unspecified atom stereocenters. The fourth-order valence-electron chi connectivity index (χ4n) is 2.28. The van der Waals surface area contributed by atoms with Crippen LogP contribution >= 0.6 is 11.3 Å². The van der Waals surface area contributed by atoms with E-state index >= 15 is 0 Å². The van der Waals surface area contributed by atoms with Crippen LogP contribution in [0.5, 0.6) is 0 Å². The molecule has 0 aliphatic carbocycles. The molecule has 0 saturated heterocycles. The van der Waals surface area contributed by atoms with Gasteiger partial charge in [-0.3, -0.25) is 9.89 Å². The number of thiazole rings is 1. The number of rotatable bonds is 4. The first kappa shape index (κ1) is 18.1. The van der Waals surface area contributed by atoms with Gasteiger partial charge < -0.3 is 11.1 Å². The number of nitrogens with zero attached hydrogens (tertiary/aromatic N) is 2. The van der Waals surface area contributed by atoms with Crippen LogP contribution in [0.2, 0.25) is 0 Å². The molecule has 2 heterocycles. The summed E-state index contributed by atoms with van der Waals surface area (Å²) >= 11 is 1.36. The Morgan fingerprint density at radius 1 is 1.31 bits per heavy atom. The molecule has 1 aromatic carbocycles. The van der Waals surface area contributed by atoms with E-state index in [1.165, 1.54) is 11.3 Å². The van der Waals surface area contributed by atoms with E-state index in [0.717, 1.165) is 10.9 Å². The van der Waals surface area contributed by atoms with Gasteiger partial charge in [0.05, 0.1) is 5.69 Å². The molecule has 0 saturated carbocycles. The minimum atomic E-state index is -4.48. The maximum Gasteiger partial charge on any atom is 0.432 e. The number of alkyl halides is 3. The van der Waals surface area contributed by atoms with E-state index in [1.54, 1.807) is 31.2 Å². The Balaban J connectivity index is 1.74. The Labute approximate surface area is 150 Å². The number of carbonyl (C=O) groups is 1. The highest BCUT2D eigenvalue weighted by atomic mass is 32.1. The first-order chi connectivity index (χ1) is 12.3. The molecule has 0 atom stereocenters. The summed E-state index contributed by atoms with van der Waals surface area (Å²) in [6, 6.07) is 7.25. The molecule has 2 aromatic heterocycles. The van der Waals surface area contributed by atoms with Crippen molar-refractivity contribution in [3.63, 3.8) is 0 Å². The molecule has 6 nitrogen and oxygen atoms in total. The van der Waals surface area contributed by atoms with Crippen molar-refractivity contribution in [1.29, 1.82) is 0 Å². The Bertz CT molecular complexity index is 930. The lowest BCUT2D eigenvalue weighted by atomic mass is 10.1. The first-order valence-corrected chi connectivity index (χ1v) is 8.30. The van der Waals surface area contributed by atoms with Gasteiger partial charge in [-0.25, -0.2) is 4.98 Å². The fraction of sp³-hybridized carbons (Fsp3) is 0.188. The lowest BCUT2D eigenvalue weighted by Crippen LogP contribution is -2.13. The lowest BCUT2D eigenvalue weighted by molar-refractivity contribution is -0.141. The molecule has 0 fully saturated rings. The molecular weight excluding hydrogens is 367 g/mol. The number of hydrogen-bond donors (Lipinski definition) is 3. The van der Waals surface area contributed by atoms with Gasteiger partial charge in [-0.2, -0.15) is 18.3 Å². The van der Waals surface area contributed by atoms with Crippen LogP contribution in [0.1, 0.15) is 26.1 Å². The largest absolute Gasteiger partial charge is 0.432 e. The van der Waals surface area contributed by atoms with E-state index in [-0.39, 0.29) is 18.1 Å². The highest BCUT2D eigenvalue weighted by Gasteiger charge is 2.33. The van der Waals surface area contributed by atoms with Gasteiger partial charge in [0.1, 0.15) is 16.4 Å². The number of nitrogens with one attached hydrogen (secondary N) is 2. The molecule has 4 N–H and O–H groups in total. The van der Waals surface area contributed by atoms with E-state index in [1.807, 2.05) is 5.10 Å². The first-order valence-electron chi connectivity index (χ1n) is 7.48. The van der Waals surface area contributed by atoms with Crippen molar-refractivity contribution in [3.8, 4) is 11.3 Å². The van der Waals surface area contributed by atoms with Gasteiger partial charge in [-0.15, -0.1) is 11.3 Å². The smallest absolute Gasteiger partial charge is 0.325 e. The maximum absolute atomic E-state index is 12.6. The molecule has 0 radical (unpaired) electrons. The Morgan fingerprint density at radius 3 is 2.54 bits per heavy atom. The maximum atomic E-state index is 12.6. The Hall–Kier alpha value is -2.72. The summed E-state index contributed by atoms with van der Waals surface area (Å²) in [7, 11) is 0. The van der Waals surface area contributed by atoms with Crippen LogP contribution in [-0.4, -0.2) is 21.1 Å². The van der Waals surface area contributed by atoms with Crippen molar-refractivity contribution in [2.75, 3.05) is 5.32 Å². The number of halogens is 3. The minimum Gasteiger partial charge on any atom is -0.325 e. The molecule has 26 heavy (non-hydrogen) atoms. The predicted octanol–water partition coefficient (Wildman–Crippen LogP) is 3.57. The average Bonchev–Trinajstić information content (AvgIpc) is 3.22. The van der Waals surface area contributed by atoms with Gasteiger partial charge in [-0.1, -0.05) is 12.1 Å². The van der Waals surface area contributed by atoms with Gasteiger partial charge in [0.25, 0.3) is 5.91 Å². The number of aromatic nitrogens is 3. The molecule has 136 valence electrons. The summed E-state index contributed by atoms with van der Waals surface area (Å²) in [6.45, 7) is 2.04. The number of amides is 1. The summed E-state index contributed by atoms with van der Waals surface area (Å²) < 4.78 is 37.8. The third-order valence-electron chi connectivity index (χ3n) is 3.55. The number of carbonyl (C=O) groups excluding carboxylic acids is 1. The van der Waals surface area contributed by atoms with Gasteiger partial charge >= 0.3 is 6.18 Å². The highest BCUT2D eigenvalue weighted by Crippen LogP contribution is 2.30. The molecular formula is C16H14F3N5OS. The van der Waals surface area contributed by atoms with Crippen molar-refractivity contribution in [2.45, 2.75) is 19.6 Å². The van der Waals surface area contributed by atoms with Gasteiger partial charge in [0.15, 0.2) is 0 Å². The Kier molecular flexibility index (Phi) is 4.79. The number of nitrogens with two attached hydrogens (primary N) is 1. The highest BCUT2D eigenvalue weighted by molar-refractivity contribution is 7.11. The summed E-state index contributed by atoms with van der Waals surface area (Å²) in [4.78, 5) is 17.2. The second-order valence-electron chi connectivity index (χ2n) is 5.41. The molecule has 0 spiro atoms. The van der Waals surface area contributed by atoms with Crippen LogP contribution in [0.25, 0.3) is 11.3 Å². The average molecular weight is 381 g/mol. The zero-order chi connectivity index (χ0) is 18.9. The fourth-order valence-corrected chi connectivity index (χ4v) is 3.09. The van der Waals surface area contributed by atoms with Crippen LogP contribution < -0.4 is 11.1 Å². The molecule has 3 rings (SSSR count). The van der Waals surface area contributed by atoms with Gasteiger partial charge in [0, 0.05) is 22.7 Å². The summed E-state index contributed by atoms with van der Waals surface area (Å²) in [5, 5.41) is 9.00. The van der Waals surface area contributed by atoms with Crippen molar-refractivity contribution >= 4 is 22.9 Å². The van der Waals surface area contributed by atoms with Crippen LogP contribution in [0.3, 0.4) is 0 Å². The molecule has 10 heteroatoms. The molecule has 3 aromatic rings. The number of H-pyrrole nitrogens is 1. The normalized spacial score (nSPS) is 11.6. The summed E-state index contributed by atoms with van der Waals surface area (Å²) in [6.07, 6.45) is -4.48. The zero-order valence-electron chi connectivity index (χ0n) is 13.5. The van der Waals surface area contributed by atoms with E-state index in [4.69, 9.17) is 5.73 Å². The van der Waals surface area contributed by atoms with Gasteiger partial charge in [-0.05, 0) is 25.1 Å². The minimum absolute atomic E-state index is 0.165. The van der Waals surface area contributed by atoms with E-state index in [0.29, 0.717) is 22.0 Å². The van der Waals surface area contributed by atoms with Crippen LogP contribution in [-0.2, 0) is 12.7 Å². The predicted molar refractivity (Wildman–Crippen MR) is 91.7 cm³/mol. The molecule has 0 bridgehead atoms. The van der Waals surface area contributed by atoms with E-state index in [9.17, 15) is 18.0 Å². The van der Waals surface area contributed by atoms with Crippen LogP contribution in [0, 0.1) is 6.92 Å². The topological polar surface area (TPSA) is 96.7 Å². The quantitative estimate of drug-likeness (QED) is 0.644. The van der Waals surface area contributed by atoms with E-state index in [2.05, 4.69) is 15.4 Å². The van der Waals surface area contributed by atoms with E-state index < -0.39 is 11.9 Å². The van der Waals surface area contributed by atoms with Crippen molar-refractivity contribution in [3.05, 3.63) is 51.6 Å². The van der Waals surface area contributed by atoms with Crippen molar-refractivity contribution in [1.82, 2.24) is 15.2 Å². The second-order valence-corrected chi connectivity index (χ2v) is 6.70. The van der Waals surface area contributed by atoms with Gasteiger partial charge in [0.2, 0.25) is 0 Å². The number of benzene rings is 1. The Morgan fingerprint density at radius 2 is 2.00 bits per heavy atom. The molecule has 1 amide bonds. The molecule has 0 aliphatic heterocycles. The molecule has 0 aliphatic rings. The SMILES string of the molecule is Cc1sc(CN)nc1C(=O)Nc1ccc(-c2cc(C(F)(F)F)[nH]n2)cc1. The number of hydrogen-bond acceptors (Lipinski definition) is 5. The number of anilines is 1. The van der Waals surface area contributed by atoms with Crippen molar-refractivity contribution in [2.24, 2.45) is 5.73 Å². The zero-order valence-corrected chi connectivity index (χ0v) is 14.3. The number of aryl methyl sites for hydroxylation is 1. The monoisotopic (exact) mass is 381 g/mol.